The molecule has 1 fully saturated rings. The van der Waals surface area contributed by atoms with Gasteiger partial charge in [0.15, 0.2) is 5.37 Å². The summed E-state index contributed by atoms with van der Waals surface area (Å²) in [5.74, 6) is -1.37. The molecule has 3 rings (SSSR count). The maximum atomic E-state index is 13.1. The molecule has 0 radical (unpaired) electrons. The zero-order valence-electron chi connectivity index (χ0n) is 15.1. The third-order valence-corrected chi connectivity index (χ3v) is 6.84. The van der Waals surface area contributed by atoms with Crippen molar-refractivity contribution in [2.45, 2.75) is 24.1 Å². The van der Waals surface area contributed by atoms with E-state index < -0.39 is 38.0 Å². The highest BCUT2D eigenvalue weighted by molar-refractivity contribution is 7.92. The lowest BCUT2D eigenvalue weighted by molar-refractivity contribution is -0.119. The summed E-state index contributed by atoms with van der Waals surface area (Å²) in [6.07, 6.45) is 1.22. The largest absolute Gasteiger partial charge is 0.343 e. The SMILES string of the molecule is CC(C)C1=CC(S(=O)(=O)c2c(Cl)cc(N3NCC(=O)NC3=O)cc2Cl)N=NC1=O. The zero-order chi connectivity index (χ0) is 21.5. The number of halogens is 2. The summed E-state index contributed by atoms with van der Waals surface area (Å²) in [5.41, 5.74) is 2.90. The molecular formula is C16H15Cl2N5O5S. The fraction of sp³-hybridized carbons (Fsp3) is 0.312. The minimum Gasteiger partial charge on any atom is -0.275 e. The number of hydrazine groups is 1. The van der Waals surface area contributed by atoms with Gasteiger partial charge in [0.1, 0.15) is 4.90 Å². The second-order valence-electron chi connectivity index (χ2n) is 6.50. The Kier molecular flexibility index (Phi) is 5.77. The molecule has 4 amide bonds. The van der Waals surface area contributed by atoms with Crippen LogP contribution in [-0.4, -0.2) is 38.2 Å². The van der Waals surface area contributed by atoms with Gasteiger partial charge in [0, 0.05) is 5.57 Å². The highest BCUT2D eigenvalue weighted by atomic mass is 35.5. The number of nitrogens with one attached hydrogen (secondary N) is 2. The van der Waals surface area contributed by atoms with Crippen molar-refractivity contribution in [2.24, 2.45) is 16.1 Å². The lowest BCUT2D eigenvalue weighted by Gasteiger charge is -2.28. The Morgan fingerprint density at radius 1 is 1.17 bits per heavy atom. The molecule has 1 atom stereocenters. The molecule has 2 N–H and O–H groups in total. The van der Waals surface area contributed by atoms with Crippen molar-refractivity contribution in [3.63, 3.8) is 0 Å². The van der Waals surface area contributed by atoms with Crippen molar-refractivity contribution in [1.82, 2.24) is 10.7 Å². The Labute approximate surface area is 175 Å². The van der Waals surface area contributed by atoms with Crippen molar-refractivity contribution in [1.29, 1.82) is 0 Å². The number of nitrogens with zero attached hydrogens (tertiary/aromatic N) is 3. The van der Waals surface area contributed by atoms with E-state index in [1.165, 1.54) is 18.2 Å². The van der Waals surface area contributed by atoms with E-state index in [1.54, 1.807) is 13.8 Å². The lowest BCUT2D eigenvalue weighted by Crippen LogP contribution is -2.59. The quantitative estimate of drug-likeness (QED) is 0.707. The van der Waals surface area contributed by atoms with E-state index in [-0.39, 0.29) is 33.8 Å². The smallest absolute Gasteiger partial charge is 0.275 e. The van der Waals surface area contributed by atoms with Gasteiger partial charge in [-0.3, -0.25) is 14.9 Å². The Morgan fingerprint density at radius 2 is 1.79 bits per heavy atom. The molecular weight excluding hydrogens is 445 g/mol. The normalized spacial score (nSPS) is 20.2. The maximum Gasteiger partial charge on any atom is 0.343 e. The highest BCUT2D eigenvalue weighted by Crippen LogP contribution is 2.37. The molecule has 0 spiro atoms. The molecule has 1 aromatic rings. The van der Waals surface area contributed by atoms with E-state index >= 15 is 0 Å². The number of sulfone groups is 1. The van der Waals surface area contributed by atoms with Gasteiger partial charge in [0.25, 0.3) is 5.91 Å². The van der Waals surface area contributed by atoms with Gasteiger partial charge in [0.2, 0.25) is 15.7 Å². The van der Waals surface area contributed by atoms with Gasteiger partial charge in [-0.2, -0.15) is 5.11 Å². The number of hydrogen-bond donors (Lipinski definition) is 2. The van der Waals surface area contributed by atoms with Crippen molar-refractivity contribution in [2.75, 3.05) is 11.6 Å². The van der Waals surface area contributed by atoms with E-state index in [4.69, 9.17) is 23.2 Å². The number of amides is 4. The molecule has 29 heavy (non-hydrogen) atoms. The third kappa shape index (κ3) is 4.04. The standard InChI is InChI=1S/C16H15Cl2N5O5S/c1-7(2)9-5-13(21-22-15(9)25)29(27,28)14-10(17)3-8(4-11(14)18)23-16(26)20-12(24)6-19-23/h3-5,7,13,19H,6H2,1-2H3,(H,20,24,26). The topological polar surface area (TPSA) is 137 Å². The summed E-state index contributed by atoms with van der Waals surface area (Å²) in [5, 5.41) is 8.09. The average Bonchev–Trinajstić information content (AvgIpc) is 2.60. The average molecular weight is 460 g/mol. The summed E-state index contributed by atoms with van der Waals surface area (Å²) < 4.78 is 26.1. The van der Waals surface area contributed by atoms with E-state index in [9.17, 15) is 22.8 Å². The summed E-state index contributed by atoms with van der Waals surface area (Å²) in [6.45, 7) is 3.29. The number of carbonyl (C=O) groups is 3. The van der Waals surface area contributed by atoms with Gasteiger partial charge in [-0.05, 0) is 24.1 Å². The van der Waals surface area contributed by atoms with Crippen LogP contribution < -0.4 is 15.8 Å². The van der Waals surface area contributed by atoms with Gasteiger partial charge < -0.3 is 0 Å². The molecule has 0 bridgehead atoms. The first-order chi connectivity index (χ1) is 13.5. The maximum absolute atomic E-state index is 13.1. The minimum absolute atomic E-state index is 0.128. The summed E-state index contributed by atoms with van der Waals surface area (Å²) in [7, 11) is -4.23. The number of azo groups is 1. The van der Waals surface area contributed by atoms with Gasteiger partial charge >= 0.3 is 6.03 Å². The molecule has 10 nitrogen and oxygen atoms in total. The first kappa shape index (κ1) is 21.4. The summed E-state index contributed by atoms with van der Waals surface area (Å²) >= 11 is 12.4. The predicted octanol–water partition coefficient (Wildman–Crippen LogP) is 2.23. The fourth-order valence-electron chi connectivity index (χ4n) is 2.74. The highest BCUT2D eigenvalue weighted by Gasteiger charge is 2.35. The summed E-state index contributed by atoms with van der Waals surface area (Å²) in [6, 6.07) is 1.65. The van der Waals surface area contributed by atoms with E-state index in [1.807, 2.05) is 0 Å². The molecule has 2 aliphatic rings. The molecule has 1 aromatic carbocycles. The van der Waals surface area contributed by atoms with Crippen molar-refractivity contribution in [3.05, 3.63) is 33.8 Å². The van der Waals surface area contributed by atoms with Crippen molar-refractivity contribution in [3.8, 4) is 0 Å². The number of benzene rings is 1. The van der Waals surface area contributed by atoms with E-state index in [0.29, 0.717) is 0 Å². The molecule has 0 aliphatic carbocycles. The number of imide groups is 1. The van der Waals surface area contributed by atoms with Crippen LogP contribution in [0.2, 0.25) is 10.0 Å². The van der Waals surface area contributed by atoms with Gasteiger partial charge in [-0.25, -0.2) is 23.6 Å². The van der Waals surface area contributed by atoms with Gasteiger partial charge in [0.05, 0.1) is 22.3 Å². The molecule has 2 aliphatic heterocycles. The Morgan fingerprint density at radius 3 is 2.34 bits per heavy atom. The lowest BCUT2D eigenvalue weighted by atomic mass is 10.0. The molecule has 2 heterocycles. The van der Waals surface area contributed by atoms with Crippen LogP contribution >= 0.6 is 23.2 Å². The molecule has 0 saturated carbocycles. The van der Waals surface area contributed by atoms with Crippen LogP contribution in [0.5, 0.6) is 0 Å². The first-order valence-electron chi connectivity index (χ1n) is 8.29. The van der Waals surface area contributed by atoms with Gasteiger partial charge in [-0.15, -0.1) is 5.11 Å². The van der Waals surface area contributed by atoms with Crippen LogP contribution in [-0.2, 0) is 19.4 Å². The fourth-order valence-corrected chi connectivity index (χ4v) is 5.26. The number of rotatable bonds is 4. The van der Waals surface area contributed by atoms with Crippen LogP contribution in [0.15, 0.2) is 38.9 Å². The number of urea groups is 1. The summed E-state index contributed by atoms with van der Waals surface area (Å²) in [4.78, 5) is 34.6. The van der Waals surface area contributed by atoms with Crippen molar-refractivity contribution >= 4 is 56.6 Å². The van der Waals surface area contributed by atoms with Crippen LogP contribution in [0.4, 0.5) is 10.5 Å². The van der Waals surface area contributed by atoms with Crippen molar-refractivity contribution < 1.29 is 22.8 Å². The first-order valence-corrected chi connectivity index (χ1v) is 10.6. The predicted molar refractivity (Wildman–Crippen MR) is 104 cm³/mol. The third-order valence-electron chi connectivity index (χ3n) is 4.14. The van der Waals surface area contributed by atoms with Crippen LogP contribution in [0.25, 0.3) is 0 Å². The number of carbonyl (C=O) groups excluding carboxylic acids is 3. The zero-order valence-corrected chi connectivity index (χ0v) is 17.5. The minimum atomic E-state index is -4.23. The Hall–Kier alpha value is -2.34. The molecule has 0 aromatic heterocycles. The Balaban J connectivity index is 2.01. The monoisotopic (exact) mass is 459 g/mol. The Bertz CT molecular complexity index is 1060. The van der Waals surface area contributed by atoms with E-state index in [2.05, 4.69) is 21.0 Å². The molecule has 154 valence electrons. The van der Waals surface area contributed by atoms with E-state index in [0.717, 1.165) is 5.01 Å². The molecule has 13 heteroatoms. The van der Waals surface area contributed by atoms with Crippen LogP contribution in [0, 0.1) is 5.92 Å². The molecule has 1 saturated heterocycles. The second kappa shape index (κ2) is 7.82. The van der Waals surface area contributed by atoms with Crippen LogP contribution in [0.3, 0.4) is 0 Å². The van der Waals surface area contributed by atoms with Crippen LogP contribution in [0.1, 0.15) is 13.8 Å². The van der Waals surface area contributed by atoms with Gasteiger partial charge in [-0.1, -0.05) is 37.0 Å². The number of anilines is 1. The second-order valence-corrected chi connectivity index (χ2v) is 9.29. The molecule has 1 unspecified atom stereocenters. The number of hydrogen-bond acceptors (Lipinski definition) is 7.